The van der Waals surface area contributed by atoms with Gasteiger partial charge in [-0.05, 0) is 110 Å². The first kappa shape index (κ1) is 24.9. The molecule has 3 N–H and O–H groups in total. The Hall–Kier alpha value is -1.81. The van der Waals surface area contributed by atoms with Gasteiger partial charge in [-0.3, -0.25) is 4.79 Å². The molecule has 0 saturated heterocycles. The minimum atomic E-state index is -0.125. The summed E-state index contributed by atoms with van der Waals surface area (Å²) in [5.41, 5.74) is 4.12. The highest BCUT2D eigenvalue weighted by Crippen LogP contribution is 2.67. The predicted molar refractivity (Wildman–Crippen MR) is 144 cm³/mol. The molecule has 4 aliphatic carbocycles. The van der Waals surface area contributed by atoms with Gasteiger partial charge in [0.05, 0.1) is 17.5 Å². The highest BCUT2D eigenvalue weighted by molar-refractivity contribution is 5.94. The van der Waals surface area contributed by atoms with E-state index in [-0.39, 0.29) is 12.0 Å². The monoisotopic (exact) mass is 478 g/mol. The van der Waals surface area contributed by atoms with E-state index in [0.717, 1.165) is 60.7 Å². The fourth-order valence-corrected chi connectivity index (χ4v) is 9.20. The van der Waals surface area contributed by atoms with Crippen molar-refractivity contribution in [2.24, 2.45) is 40.4 Å². The molecule has 4 aliphatic rings. The van der Waals surface area contributed by atoms with Crippen molar-refractivity contribution in [3.8, 4) is 0 Å². The van der Waals surface area contributed by atoms with Gasteiger partial charge in [-0.15, -0.1) is 0 Å². The van der Waals surface area contributed by atoms with Crippen LogP contribution in [0.25, 0.3) is 0 Å². The normalized spacial score (nSPS) is 39.0. The van der Waals surface area contributed by atoms with Crippen LogP contribution < -0.4 is 10.6 Å². The summed E-state index contributed by atoms with van der Waals surface area (Å²) >= 11 is 0. The van der Waals surface area contributed by atoms with Gasteiger partial charge < -0.3 is 15.7 Å². The molecule has 3 fully saturated rings. The Morgan fingerprint density at radius 1 is 1.09 bits per heavy atom. The summed E-state index contributed by atoms with van der Waals surface area (Å²) < 4.78 is 0. The van der Waals surface area contributed by atoms with Gasteiger partial charge in [-0.1, -0.05) is 44.6 Å². The highest BCUT2D eigenvalue weighted by atomic mass is 16.3. The van der Waals surface area contributed by atoms with Gasteiger partial charge in [0.1, 0.15) is 0 Å². The molecule has 0 heterocycles. The third-order valence-corrected chi connectivity index (χ3v) is 11.1. The van der Waals surface area contributed by atoms with Gasteiger partial charge >= 0.3 is 0 Å². The molecule has 2 unspecified atom stereocenters. The number of carbonyl (C=O) groups is 1. The quantitative estimate of drug-likeness (QED) is 0.385. The first-order chi connectivity index (χ1) is 16.8. The van der Waals surface area contributed by atoms with Crippen molar-refractivity contribution in [2.45, 2.75) is 91.1 Å². The second kappa shape index (κ2) is 9.57. The first-order valence-electron chi connectivity index (χ1n) is 14.2. The van der Waals surface area contributed by atoms with E-state index >= 15 is 0 Å². The van der Waals surface area contributed by atoms with E-state index in [2.05, 4.69) is 37.5 Å². The molecule has 0 spiro atoms. The van der Waals surface area contributed by atoms with Crippen LogP contribution in [0.1, 0.15) is 85.0 Å². The standard InChI is InChI=1S/C31H46N2O2/c1-20(9-14-29(35)33-28-8-6-5-7-27(28)32-4)24-12-13-25-23-11-10-21-19-22(34)15-17-30(21,2)26(23)16-18-31(24,25)3/h5-8,10,20,22-26,32,34H,9,11-19H2,1-4H3,(H,33,35)/t20-,22+,23+,24-,25?,26?,30+,31-/m1/s1. The number of amides is 1. The van der Waals surface area contributed by atoms with Crippen LogP contribution >= 0.6 is 0 Å². The van der Waals surface area contributed by atoms with Crippen LogP contribution in [0.5, 0.6) is 0 Å². The second-order valence-electron chi connectivity index (χ2n) is 12.7. The van der Waals surface area contributed by atoms with Gasteiger partial charge in [-0.25, -0.2) is 0 Å². The van der Waals surface area contributed by atoms with Gasteiger partial charge in [0.25, 0.3) is 0 Å². The average Bonchev–Trinajstić information content (AvgIpc) is 3.20. The Bertz CT molecular complexity index is 972. The minimum Gasteiger partial charge on any atom is -0.393 e. The Kier molecular flexibility index (Phi) is 6.80. The number of benzene rings is 1. The maximum Gasteiger partial charge on any atom is 0.224 e. The number of para-hydroxylation sites is 2. The number of hydrogen-bond donors (Lipinski definition) is 3. The van der Waals surface area contributed by atoms with E-state index in [0.29, 0.717) is 23.2 Å². The molecule has 0 bridgehead atoms. The SMILES string of the molecule is CNc1ccccc1NC(=O)CC[C@@H](C)[C@H]1CCC2[C@@H]3CC=C4C[C@@H](O)CC[C@]4(C)C3CC[C@@]21C. The molecule has 4 heteroatoms. The average molecular weight is 479 g/mol. The molecular formula is C31H46N2O2. The topological polar surface area (TPSA) is 61.4 Å². The van der Waals surface area contributed by atoms with Crippen molar-refractivity contribution in [1.82, 2.24) is 0 Å². The maximum absolute atomic E-state index is 12.8. The molecule has 0 aliphatic heterocycles. The Morgan fingerprint density at radius 3 is 2.63 bits per heavy atom. The molecule has 3 saturated carbocycles. The Labute approximate surface area is 212 Å². The lowest BCUT2D eigenvalue weighted by Gasteiger charge is -2.58. The van der Waals surface area contributed by atoms with Gasteiger partial charge in [0, 0.05) is 13.5 Å². The van der Waals surface area contributed by atoms with Gasteiger partial charge in [-0.2, -0.15) is 0 Å². The van der Waals surface area contributed by atoms with Crippen LogP contribution in [-0.4, -0.2) is 24.2 Å². The lowest BCUT2D eigenvalue weighted by molar-refractivity contribution is -0.116. The number of aliphatic hydroxyl groups is 1. The van der Waals surface area contributed by atoms with Crippen molar-refractivity contribution in [3.63, 3.8) is 0 Å². The van der Waals surface area contributed by atoms with E-state index in [1.54, 1.807) is 5.57 Å². The molecular weight excluding hydrogens is 432 g/mol. The zero-order chi connectivity index (χ0) is 24.8. The zero-order valence-electron chi connectivity index (χ0n) is 22.3. The molecule has 192 valence electrons. The summed E-state index contributed by atoms with van der Waals surface area (Å²) in [5, 5.41) is 16.6. The van der Waals surface area contributed by atoms with Gasteiger partial charge in [0.2, 0.25) is 5.91 Å². The number of carbonyl (C=O) groups excluding carboxylic acids is 1. The van der Waals surface area contributed by atoms with Crippen molar-refractivity contribution in [1.29, 1.82) is 0 Å². The molecule has 0 aromatic heterocycles. The Morgan fingerprint density at radius 2 is 1.86 bits per heavy atom. The number of allylic oxidation sites excluding steroid dienone is 1. The Balaban J connectivity index is 1.23. The van der Waals surface area contributed by atoms with Crippen LogP contribution in [0.4, 0.5) is 11.4 Å². The molecule has 1 aromatic rings. The zero-order valence-corrected chi connectivity index (χ0v) is 22.3. The maximum atomic E-state index is 12.8. The van der Waals surface area contributed by atoms with Crippen LogP contribution in [0.15, 0.2) is 35.9 Å². The smallest absolute Gasteiger partial charge is 0.224 e. The van der Waals surface area contributed by atoms with E-state index in [1.807, 2.05) is 31.3 Å². The summed E-state index contributed by atoms with van der Waals surface area (Å²) in [6.45, 7) is 7.52. The van der Waals surface area contributed by atoms with Crippen LogP contribution in [-0.2, 0) is 4.79 Å². The van der Waals surface area contributed by atoms with Crippen molar-refractivity contribution in [2.75, 3.05) is 17.7 Å². The summed E-state index contributed by atoms with van der Waals surface area (Å²) in [4.78, 5) is 12.8. The molecule has 1 amide bonds. The largest absolute Gasteiger partial charge is 0.393 e. The minimum absolute atomic E-state index is 0.125. The molecule has 1 aromatic carbocycles. The van der Waals surface area contributed by atoms with Crippen LogP contribution in [0, 0.1) is 40.4 Å². The van der Waals surface area contributed by atoms with Crippen molar-refractivity contribution in [3.05, 3.63) is 35.9 Å². The van der Waals surface area contributed by atoms with E-state index in [4.69, 9.17) is 0 Å². The van der Waals surface area contributed by atoms with Crippen LogP contribution in [0.2, 0.25) is 0 Å². The number of aliphatic hydroxyl groups excluding tert-OH is 1. The fourth-order valence-electron chi connectivity index (χ4n) is 9.20. The predicted octanol–water partition coefficient (Wildman–Crippen LogP) is 7.02. The van der Waals surface area contributed by atoms with E-state index in [1.165, 1.54) is 32.1 Å². The summed E-state index contributed by atoms with van der Waals surface area (Å²) in [5.74, 6) is 3.82. The molecule has 4 nitrogen and oxygen atoms in total. The summed E-state index contributed by atoms with van der Waals surface area (Å²) in [6, 6.07) is 7.91. The van der Waals surface area contributed by atoms with E-state index < -0.39 is 0 Å². The number of anilines is 2. The van der Waals surface area contributed by atoms with Gasteiger partial charge in [0.15, 0.2) is 0 Å². The number of rotatable bonds is 6. The van der Waals surface area contributed by atoms with Crippen LogP contribution in [0.3, 0.4) is 0 Å². The molecule has 0 radical (unpaired) electrons. The second-order valence-corrected chi connectivity index (χ2v) is 12.7. The van der Waals surface area contributed by atoms with Crippen molar-refractivity contribution >= 4 is 17.3 Å². The summed E-state index contributed by atoms with van der Waals surface area (Å²) in [7, 11) is 1.89. The molecule has 5 rings (SSSR count). The number of nitrogens with one attached hydrogen (secondary N) is 2. The summed E-state index contributed by atoms with van der Waals surface area (Å²) in [6.07, 6.45) is 13.6. The fraction of sp³-hybridized carbons (Fsp3) is 0.710. The third kappa shape index (κ3) is 4.34. The number of hydrogen-bond acceptors (Lipinski definition) is 3. The number of fused-ring (bicyclic) bond motifs is 5. The third-order valence-electron chi connectivity index (χ3n) is 11.1. The molecule has 35 heavy (non-hydrogen) atoms. The lowest BCUT2D eigenvalue weighted by Crippen LogP contribution is -2.50. The van der Waals surface area contributed by atoms with Crippen molar-refractivity contribution < 1.29 is 9.90 Å². The van der Waals surface area contributed by atoms with E-state index in [9.17, 15) is 9.90 Å². The highest BCUT2D eigenvalue weighted by Gasteiger charge is 2.59. The lowest BCUT2D eigenvalue weighted by atomic mass is 9.47. The molecule has 8 atom stereocenters. The first-order valence-corrected chi connectivity index (χ1v) is 14.2.